The summed E-state index contributed by atoms with van der Waals surface area (Å²) in [5.41, 5.74) is 1.68. The third-order valence-electron chi connectivity index (χ3n) is 5.03. The highest BCUT2D eigenvalue weighted by molar-refractivity contribution is 5.94. The fourth-order valence-corrected chi connectivity index (χ4v) is 3.21. The zero-order valence-electron chi connectivity index (χ0n) is 18.9. The molecule has 0 aliphatic carbocycles. The van der Waals surface area contributed by atoms with Gasteiger partial charge in [-0.3, -0.25) is 9.69 Å². The fraction of sp³-hybridized carbons (Fsp3) is 0.636. The maximum atomic E-state index is 12.3. The Balaban J connectivity index is 1.89. The first-order valence-electron chi connectivity index (χ1n) is 10.9. The van der Waals surface area contributed by atoms with Crippen molar-refractivity contribution in [3.8, 4) is 0 Å². The van der Waals surface area contributed by atoms with Gasteiger partial charge in [0, 0.05) is 50.9 Å². The summed E-state index contributed by atoms with van der Waals surface area (Å²) < 4.78 is 5.43. The predicted octanol–water partition coefficient (Wildman–Crippen LogP) is 0.754. The number of ether oxygens (including phenoxy) is 1. The van der Waals surface area contributed by atoms with Crippen LogP contribution < -0.4 is 16.0 Å². The van der Waals surface area contributed by atoms with Crippen LogP contribution in [-0.4, -0.2) is 94.3 Å². The Labute approximate surface area is 181 Å². The van der Waals surface area contributed by atoms with Crippen molar-refractivity contribution in [2.75, 3.05) is 66.6 Å². The molecule has 1 aromatic rings. The van der Waals surface area contributed by atoms with E-state index in [1.54, 1.807) is 0 Å². The first-order chi connectivity index (χ1) is 14.5. The molecule has 8 heteroatoms. The molecular formula is C22H38N6O2. The Morgan fingerprint density at radius 1 is 1.23 bits per heavy atom. The number of likely N-dealkylation sites (N-methyl/N-ethyl adjacent to an activating group) is 1. The van der Waals surface area contributed by atoms with Crippen molar-refractivity contribution in [2.45, 2.75) is 26.4 Å². The van der Waals surface area contributed by atoms with Crippen LogP contribution in [0, 0.1) is 0 Å². The molecule has 1 aromatic carbocycles. The van der Waals surface area contributed by atoms with Crippen LogP contribution in [0.4, 0.5) is 0 Å². The summed E-state index contributed by atoms with van der Waals surface area (Å²) in [4.78, 5) is 21.5. The molecule has 1 aliphatic rings. The summed E-state index contributed by atoms with van der Waals surface area (Å²) in [6, 6.07) is 8.07. The Hall–Kier alpha value is -2.16. The first-order valence-corrected chi connectivity index (χ1v) is 10.9. The Kier molecular flexibility index (Phi) is 10.6. The van der Waals surface area contributed by atoms with E-state index in [-0.39, 0.29) is 5.91 Å². The normalized spacial score (nSPS) is 16.4. The van der Waals surface area contributed by atoms with Gasteiger partial charge in [-0.1, -0.05) is 12.1 Å². The zero-order chi connectivity index (χ0) is 21.8. The van der Waals surface area contributed by atoms with Crippen LogP contribution >= 0.6 is 0 Å². The van der Waals surface area contributed by atoms with Gasteiger partial charge < -0.3 is 25.6 Å². The number of carbonyl (C=O) groups is 1. The number of hydrogen-bond acceptors (Lipinski definition) is 5. The van der Waals surface area contributed by atoms with Crippen LogP contribution in [0.1, 0.15) is 29.8 Å². The van der Waals surface area contributed by atoms with Crippen molar-refractivity contribution < 1.29 is 9.53 Å². The van der Waals surface area contributed by atoms with Gasteiger partial charge in [0.15, 0.2) is 5.96 Å². The molecule has 1 saturated heterocycles. The third kappa shape index (κ3) is 8.69. The molecule has 0 spiro atoms. The second kappa shape index (κ2) is 13.2. The van der Waals surface area contributed by atoms with E-state index in [2.05, 4.69) is 34.7 Å². The average Bonchev–Trinajstić information content (AvgIpc) is 2.76. The van der Waals surface area contributed by atoms with Crippen molar-refractivity contribution >= 4 is 11.9 Å². The minimum atomic E-state index is -0.0490. The number of morpholine rings is 1. The van der Waals surface area contributed by atoms with Gasteiger partial charge >= 0.3 is 0 Å². The van der Waals surface area contributed by atoms with E-state index in [0.717, 1.165) is 57.5 Å². The lowest BCUT2D eigenvalue weighted by Gasteiger charge is -2.32. The SMILES string of the molecule is CCNC(=NCc1cccc(C(=O)NCCN(C)C)c1)NCC(C)N1CCOCC1. The van der Waals surface area contributed by atoms with Crippen LogP contribution in [-0.2, 0) is 11.3 Å². The molecule has 1 amide bonds. The zero-order valence-corrected chi connectivity index (χ0v) is 18.9. The van der Waals surface area contributed by atoms with Gasteiger partial charge in [-0.25, -0.2) is 4.99 Å². The van der Waals surface area contributed by atoms with Gasteiger partial charge in [0.05, 0.1) is 19.8 Å². The molecule has 8 nitrogen and oxygen atoms in total. The lowest BCUT2D eigenvalue weighted by molar-refractivity contribution is 0.0211. The number of hydrogen-bond donors (Lipinski definition) is 3. The van der Waals surface area contributed by atoms with Crippen molar-refractivity contribution in [1.29, 1.82) is 0 Å². The Morgan fingerprint density at radius 3 is 2.70 bits per heavy atom. The van der Waals surface area contributed by atoms with Crippen molar-refractivity contribution in [1.82, 2.24) is 25.8 Å². The molecule has 1 atom stereocenters. The second-order valence-corrected chi connectivity index (χ2v) is 7.83. The molecule has 2 rings (SSSR count). The van der Waals surface area contributed by atoms with Crippen LogP contribution in [0.3, 0.4) is 0 Å². The summed E-state index contributed by atoms with van der Waals surface area (Å²) >= 11 is 0. The van der Waals surface area contributed by atoms with E-state index >= 15 is 0 Å². The van der Waals surface area contributed by atoms with Crippen molar-refractivity contribution in [3.63, 3.8) is 0 Å². The summed E-state index contributed by atoms with van der Waals surface area (Å²) in [5, 5.41) is 9.69. The monoisotopic (exact) mass is 418 g/mol. The molecule has 0 radical (unpaired) electrons. The minimum Gasteiger partial charge on any atom is -0.379 e. The highest BCUT2D eigenvalue weighted by Crippen LogP contribution is 2.07. The number of aliphatic imine (C=N–C) groups is 1. The van der Waals surface area contributed by atoms with Gasteiger partial charge in [0.25, 0.3) is 5.91 Å². The molecule has 1 heterocycles. The van der Waals surface area contributed by atoms with Crippen LogP contribution in [0.5, 0.6) is 0 Å². The van der Waals surface area contributed by atoms with Crippen molar-refractivity contribution in [3.05, 3.63) is 35.4 Å². The number of benzene rings is 1. The molecule has 30 heavy (non-hydrogen) atoms. The van der Waals surface area contributed by atoms with Gasteiger partial charge in [-0.2, -0.15) is 0 Å². The number of rotatable bonds is 10. The van der Waals surface area contributed by atoms with Gasteiger partial charge in [-0.15, -0.1) is 0 Å². The number of nitrogens with zero attached hydrogens (tertiary/aromatic N) is 3. The summed E-state index contributed by atoms with van der Waals surface area (Å²) in [7, 11) is 3.98. The number of carbonyl (C=O) groups excluding carboxylic acids is 1. The molecule has 1 fully saturated rings. The standard InChI is InChI=1S/C22H38N6O2/c1-5-23-22(25-16-18(2)28-11-13-30-14-12-28)26-17-19-7-6-8-20(15-19)21(29)24-9-10-27(3)4/h6-8,15,18H,5,9-14,16-17H2,1-4H3,(H,24,29)(H2,23,25,26). The highest BCUT2D eigenvalue weighted by atomic mass is 16.5. The van der Waals surface area contributed by atoms with Crippen LogP contribution in [0.25, 0.3) is 0 Å². The molecule has 0 saturated carbocycles. The van der Waals surface area contributed by atoms with E-state index in [0.29, 0.717) is 24.7 Å². The summed E-state index contributed by atoms with van der Waals surface area (Å²) in [6.45, 7) is 11.4. The van der Waals surface area contributed by atoms with Gasteiger partial charge in [-0.05, 0) is 45.6 Å². The molecule has 3 N–H and O–H groups in total. The highest BCUT2D eigenvalue weighted by Gasteiger charge is 2.17. The molecular weight excluding hydrogens is 380 g/mol. The number of guanidine groups is 1. The predicted molar refractivity (Wildman–Crippen MR) is 122 cm³/mol. The summed E-state index contributed by atoms with van der Waals surface area (Å²) in [5.74, 6) is 0.741. The quantitative estimate of drug-likeness (QED) is 0.384. The molecule has 0 bridgehead atoms. The lowest BCUT2D eigenvalue weighted by Crippen LogP contribution is -2.49. The molecule has 0 aromatic heterocycles. The number of nitrogens with one attached hydrogen (secondary N) is 3. The maximum Gasteiger partial charge on any atom is 0.251 e. The minimum absolute atomic E-state index is 0.0490. The van der Waals surface area contributed by atoms with E-state index in [9.17, 15) is 4.79 Å². The van der Waals surface area contributed by atoms with E-state index in [1.165, 1.54) is 0 Å². The topological polar surface area (TPSA) is 81.2 Å². The van der Waals surface area contributed by atoms with Gasteiger partial charge in [0.2, 0.25) is 0 Å². The fourth-order valence-electron chi connectivity index (χ4n) is 3.21. The molecule has 1 aliphatic heterocycles. The largest absolute Gasteiger partial charge is 0.379 e. The average molecular weight is 419 g/mol. The van der Waals surface area contributed by atoms with E-state index < -0.39 is 0 Å². The first kappa shape index (κ1) is 24.1. The molecule has 168 valence electrons. The Bertz CT molecular complexity index is 673. The summed E-state index contributed by atoms with van der Waals surface area (Å²) in [6.07, 6.45) is 0. The van der Waals surface area contributed by atoms with E-state index in [1.807, 2.05) is 43.3 Å². The van der Waals surface area contributed by atoms with Crippen molar-refractivity contribution in [2.24, 2.45) is 4.99 Å². The van der Waals surface area contributed by atoms with Gasteiger partial charge in [0.1, 0.15) is 0 Å². The molecule has 1 unspecified atom stereocenters. The smallest absolute Gasteiger partial charge is 0.251 e. The lowest BCUT2D eigenvalue weighted by atomic mass is 10.1. The third-order valence-corrected chi connectivity index (χ3v) is 5.03. The number of amides is 1. The Morgan fingerprint density at radius 2 is 2.00 bits per heavy atom. The maximum absolute atomic E-state index is 12.3. The van der Waals surface area contributed by atoms with Crippen LogP contribution in [0.15, 0.2) is 29.3 Å². The van der Waals surface area contributed by atoms with E-state index in [4.69, 9.17) is 9.73 Å². The van der Waals surface area contributed by atoms with Crippen LogP contribution in [0.2, 0.25) is 0 Å². The second-order valence-electron chi connectivity index (χ2n) is 7.83.